The van der Waals surface area contributed by atoms with Crippen LogP contribution in [0.5, 0.6) is 0 Å². The Morgan fingerprint density at radius 3 is 2.65 bits per heavy atom. The summed E-state index contributed by atoms with van der Waals surface area (Å²) in [5, 5.41) is 2.85. The van der Waals surface area contributed by atoms with Crippen LogP contribution in [0.25, 0.3) is 0 Å². The number of carbonyl (C=O) groups excluding carboxylic acids is 2. The van der Waals surface area contributed by atoms with E-state index in [1.807, 2.05) is 19.1 Å². The summed E-state index contributed by atoms with van der Waals surface area (Å²) >= 11 is 0. The number of nitrogens with zero attached hydrogens (tertiary/aromatic N) is 5. The zero-order valence-electron chi connectivity index (χ0n) is 23.3. The number of aliphatic imine (C=N–C) groups is 1. The van der Waals surface area contributed by atoms with E-state index in [0.717, 1.165) is 17.8 Å². The van der Waals surface area contributed by atoms with Crippen LogP contribution in [0.15, 0.2) is 47.7 Å². The van der Waals surface area contributed by atoms with E-state index in [9.17, 15) is 31.5 Å². The highest BCUT2D eigenvalue weighted by atomic mass is 19.4. The molecule has 1 saturated heterocycles. The normalized spacial score (nSPS) is 22.6. The quantitative estimate of drug-likeness (QED) is 0.378. The molecule has 3 aliphatic heterocycles. The third-order valence-electron chi connectivity index (χ3n) is 9.10. The smallest absolute Gasteiger partial charge is 0.326 e. The van der Waals surface area contributed by atoms with Crippen LogP contribution >= 0.6 is 0 Å². The van der Waals surface area contributed by atoms with Gasteiger partial charge in [-0.1, -0.05) is 25.1 Å². The van der Waals surface area contributed by atoms with Crippen molar-refractivity contribution in [2.24, 2.45) is 10.9 Å². The number of likely N-dealkylation sites (tertiary alicyclic amines) is 1. The molecule has 8 nitrogen and oxygen atoms in total. The third-order valence-corrected chi connectivity index (χ3v) is 9.10. The van der Waals surface area contributed by atoms with Gasteiger partial charge in [0.15, 0.2) is 17.5 Å². The van der Waals surface area contributed by atoms with Crippen molar-refractivity contribution in [1.82, 2.24) is 19.4 Å². The van der Waals surface area contributed by atoms with Crippen molar-refractivity contribution in [2.75, 3.05) is 18.4 Å². The van der Waals surface area contributed by atoms with Crippen molar-refractivity contribution in [1.29, 1.82) is 0 Å². The standard InChI is InChI=1S/C30H29F5N6O2/c1-17-27(42)39-25-21(5-3-11-36-25)29(17)9-12-40(13-10-29)28(43)38-23-8-7-18(20-4-2-6-22(31)24(20)32)16-41-19(14-30(33,34)35)15-37-26(23)41/h2-6,11,15,17-18H,7-10,12-14,16H2,1H3,(H,36,39,42)/t17?,18-/m1/s1. The number of anilines is 1. The Morgan fingerprint density at radius 2 is 1.91 bits per heavy atom. The summed E-state index contributed by atoms with van der Waals surface area (Å²) in [5.41, 5.74) is 0.524. The number of halogens is 5. The van der Waals surface area contributed by atoms with Gasteiger partial charge in [0.05, 0.1) is 12.1 Å². The number of alkyl halides is 3. The number of hydrogen-bond acceptors (Lipinski definition) is 4. The maximum atomic E-state index is 14.7. The Labute approximate surface area is 244 Å². The topological polar surface area (TPSA) is 92.5 Å². The minimum absolute atomic E-state index is 0.0481. The van der Waals surface area contributed by atoms with E-state index in [2.05, 4.69) is 20.3 Å². The Bertz CT molecular complexity index is 1610. The molecular formula is C30H29F5N6O2. The van der Waals surface area contributed by atoms with Gasteiger partial charge in [0.25, 0.3) is 0 Å². The monoisotopic (exact) mass is 600 g/mol. The van der Waals surface area contributed by atoms with E-state index in [1.54, 1.807) is 11.1 Å². The Balaban J connectivity index is 1.28. The predicted molar refractivity (Wildman–Crippen MR) is 147 cm³/mol. The number of carbonyl (C=O) groups is 2. The molecule has 43 heavy (non-hydrogen) atoms. The van der Waals surface area contributed by atoms with E-state index in [1.165, 1.54) is 16.7 Å². The van der Waals surface area contributed by atoms with Gasteiger partial charge in [0.2, 0.25) is 5.91 Å². The summed E-state index contributed by atoms with van der Waals surface area (Å²) in [7, 11) is 0. The first kappa shape index (κ1) is 28.9. The fourth-order valence-electron chi connectivity index (χ4n) is 6.72. The van der Waals surface area contributed by atoms with Crippen LogP contribution < -0.4 is 5.32 Å². The predicted octanol–water partition coefficient (Wildman–Crippen LogP) is 5.77. The van der Waals surface area contributed by atoms with Crippen molar-refractivity contribution in [2.45, 2.75) is 63.1 Å². The number of hydrogen-bond donors (Lipinski definition) is 1. The molecule has 1 N–H and O–H groups in total. The second kappa shape index (κ2) is 10.8. The molecule has 2 atom stereocenters. The lowest BCUT2D eigenvalue weighted by Gasteiger charge is -2.47. The van der Waals surface area contributed by atoms with E-state index in [-0.39, 0.29) is 54.0 Å². The average molecular weight is 601 g/mol. The molecule has 0 aliphatic carbocycles. The highest BCUT2D eigenvalue weighted by Gasteiger charge is 2.49. The molecule has 1 spiro atoms. The Hall–Kier alpha value is -4.16. The molecule has 2 aromatic heterocycles. The molecule has 3 aromatic rings. The van der Waals surface area contributed by atoms with Gasteiger partial charge < -0.3 is 14.8 Å². The fraction of sp³-hybridized carbons (Fsp3) is 0.433. The number of nitrogens with one attached hydrogen (secondary N) is 1. The highest BCUT2D eigenvalue weighted by Crippen LogP contribution is 2.47. The minimum Gasteiger partial charge on any atom is -0.326 e. The lowest BCUT2D eigenvalue weighted by molar-refractivity contribution is -0.128. The molecular weight excluding hydrogens is 571 g/mol. The summed E-state index contributed by atoms with van der Waals surface area (Å²) in [6.07, 6.45) is -1.73. The molecule has 1 fully saturated rings. The van der Waals surface area contributed by atoms with Gasteiger partial charge in [-0.15, -0.1) is 0 Å². The summed E-state index contributed by atoms with van der Waals surface area (Å²) in [5.74, 6) is -2.59. The van der Waals surface area contributed by atoms with Crippen LogP contribution in [0.2, 0.25) is 0 Å². The summed E-state index contributed by atoms with van der Waals surface area (Å²) < 4.78 is 70.3. The number of urea groups is 1. The lowest BCUT2D eigenvalue weighted by atomic mass is 9.63. The van der Waals surface area contributed by atoms with Crippen molar-refractivity contribution in [3.05, 3.63) is 77.0 Å². The number of imidazole rings is 1. The number of piperidine rings is 1. The van der Waals surface area contributed by atoms with E-state index < -0.39 is 41.6 Å². The van der Waals surface area contributed by atoms with Gasteiger partial charge >= 0.3 is 12.2 Å². The van der Waals surface area contributed by atoms with Crippen LogP contribution in [-0.2, 0) is 23.2 Å². The largest absolute Gasteiger partial charge is 0.394 e. The van der Waals surface area contributed by atoms with Gasteiger partial charge in [-0.25, -0.2) is 23.5 Å². The molecule has 3 aliphatic rings. The fourth-order valence-corrected chi connectivity index (χ4v) is 6.72. The van der Waals surface area contributed by atoms with E-state index >= 15 is 0 Å². The van der Waals surface area contributed by atoms with Crippen molar-refractivity contribution in [3.63, 3.8) is 0 Å². The number of rotatable bonds is 2. The molecule has 226 valence electrons. The van der Waals surface area contributed by atoms with Gasteiger partial charge in [0.1, 0.15) is 5.82 Å². The number of aromatic nitrogens is 3. The first-order chi connectivity index (χ1) is 20.5. The number of pyridine rings is 1. The second-order valence-electron chi connectivity index (χ2n) is 11.4. The molecule has 6 rings (SSSR count). The lowest BCUT2D eigenvalue weighted by Crippen LogP contribution is -2.52. The van der Waals surface area contributed by atoms with Gasteiger partial charge in [-0.05, 0) is 43.4 Å². The molecule has 0 saturated carbocycles. The van der Waals surface area contributed by atoms with Crippen molar-refractivity contribution >= 4 is 23.5 Å². The molecule has 0 radical (unpaired) electrons. The van der Waals surface area contributed by atoms with E-state index in [4.69, 9.17) is 0 Å². The number of fused-ring (bicyclic) bond motifs is 3. The first-order valence-corrected chi connectivity index (χ1v) is 14.1. The Morgan fingerprint density at radius 1 is 1.14 bits per heavy atom. The minimum atomic E-state index is -4.53. The van der Waals surface area contributed by atoms with Gasteiger partial charge in [-0.2, -0.15) is 18.2 Å². The van der Waals surface area contributed by atoms with Crippen molar-refractivity contribution < 1.29 is 31.5 Å². The third kappa shape index (κ3) is 5.29. The van der Waals surface area contributed by atoms with Crippen LogP contribution in [0.1, 0.15) is 61.2 Å². The highest BCUT2D eigenvalue weighted by molar-refractivity contribution is 6.04. The van der Waals surface area contributed by atoms with Gasteiger partial charge in [-0.3, -0.25) is 4.79 Å². The summed E-state index contributed by atoms with van der Waals surface area (Å²) in [6, 6.07) is 6.95. The SMILES string of the molecule is CC1C(=O)Nc2ncccc2C12CCN(C(=O)N=C1CC[C@@H](c3cccc(F)c3F)Cn3c(CC(F)(F)F)cnc31)CC2. The zero-order chi connectivity index (χ0) is 30.5. The summed E-state index contributed by atoms with van der Waals surface area (Å²) in [4.78, 5) is 40.6. The second-order valence-corrected chi connectivity index (χ2v) is 11.4. The zero-order valence-corrected chi connectivity index (χ0v) is 23.3. The first-order valence-electron chi connectivity index (χ1n) is 14.1. The maximum absolute atomic E-state index is 14.7. The van der Waals surface area contributed by atoms with Crippen molar-refractivity contribution in [3.8, 4) is 0 Å². The van der Waals surface area contributed by atoms with Crippen LogP contribution in [0.3, 0.4) is 0 Å². The molecule has 13 heteroatoms. The van der Waals surface area contributed by atoms with Crippen LogP contribution in [0.4, 0.5) is 32.6 Å². The molecule has 1 aromatic carbocycles. The van der Waals surface area contributed by atoms with Gasteiger partial charge in [0, 0.05) is 60.5 Å². The molecule has 5 heterocycles. The summed E-state index contributed by atoms with van der Waals surface area (Å²) in [6.45, 7) is 2.41. The molecule has 0 bridgehead atoms. The average Bonchev–Trinajstić information content (AvgIpc) is 3.25. The molecule has 3 amide bonds. The molecule has 1 unspecified atom stereocenters. The maximum Gasteiger partial charge on any atom is 0.394 e. The number of amides is 3. The van der Waals surface area contributed by atoms with Crippen LogP contribution in [0, 0.1) is 17.6 Å². The number of benzene rings is 1. The van der Waals surface area contributed by atoms with Crippen LogP contribution in [-0.4, -0.2) is 56.4 Å². The van der Waals surface area contributed by atoms with E-state index in [0.29, 0.717) is 31.7 Å². The Kier molecular flexibility index (Phi) is 7.29.